The molecule has 0 spiro atoms. The summed E-state index contributed by atoms with van der Waals surface area (Å²) in [6, 6.07) is 7.14. The van der Waals surface area contributed by atoms with Crippen LogP contribution >= 0.6 is 12.4 Å². The van der Waals surface area contributed by atoms with Crippen LogP contribution < -0.4 is 21.3 Å². The first-order valence-electron chi connectivity index (χ1n) is 7.69. The van der Waals surface area contributed by atoms with Gasteiger partial charge < -0.3 is 21.3 Å². The molecule has 0 saturated heterocycles. The van der Waals surface area contributed by atoms with E-state index in [0.717, 1.165) is 0 Å². The van der Waals surface area contributed by atoms with Crippen LogP contribution in [0.5, 0.6) is 0 Å². The molecule has 0 fully saturated rings. The summed E-state index contributed by atoms with van der Waals surface area (Å²) in [6.45, 7) is 2.34. The molecule has 1 atom stereocenters. The first kappa shape index (κ1) is 19.9. The van der Waals surface area contributed by atoms with Crippen molar-refractivity contribution in [3.63, 3.8) is 0 Å². The molecule has 1 aromatic carbocycles. The van der Waals surface area contributed by atoms with Gasteiger partial charge in [0.1, 0.15) is 6.54 Å². The van der Waals surface area contributed by atoms with E-state index in [-0.39, 0.29) is 55.6 Å². The molecule has 0 radical (unpaired) electrons. The van der Waals surface area contributed by atoms with Crippen LogP contribution in [0.25, 0.3) is 0 Å². The highest BCUT2D eigenvalue weighted by atomic mass is 35.5. The largest absolute Gasteiger partial charge is 0.356 e. The Balaban J connectivity index is 0.00000288. The third-order valence-corrected chi connectivity index (χ3v) is 3.56. The molecule has 1 heterocycles. The van der Waals surface area contributed by atoms with Crippen molar-refractivity contribution in [2.24, 2.45) is 5.73 Å². The van der Waals surface area contributed by atoms with Crippen LogP contribution in [-0.4, -0.2) is 36.9 Å². The molecule has 132 valence electrons. The third kappa shape index (κ3) is 5.50. The van der Waals surface area contributed by atoms with Crippen molar-refractivity contribution in [2.75, 3.05) is 23.3 Å². The number of hydrogen-bond acceptors (Lipinski definition) is 4. The van der Waals surface area contributed by atoms with E-state index in [4.69, 9.17) is 5.73 Å². The normalized spacial score (nSPS) is 14.1. The lowest BCUT2D eigenvalue weighted by Crippen LogP contribution is -2.42. The van der Waals surface area contributed by atoms with Crippen LogP contribution in [0.15, 0.2) is 24.3 Å². The summed E-state index contributed by atoms with van der Waals surface area (Å²) in [5.41, 5.74) is 6.88. The number of nitrogens with one attached hydrogen (secondary N) is 2. The molecule has 4 N–H and O–H groups in total. The zero-order valence-corrected chi connectivity index (χ0v) is 14.4. The van der Waals surface area contributed by atoms with Gasteiger partial charge in [-0.05, 0) is 25.5 Å². The van der Waals surface area contributed by atoms with Crippen LogP contribution in [-0.2, 0) is 14.4 Å². The maximum absolute atomic E-state index is 12.3. The number of rotatable bonds is 6. The van der Waals surface area contributed by atoms with E-state index in [1.807, 2.05) is 6.92 Å². The molecule has 1 aliphatic rings. The lowest BCUT2D eigenvalue weighted by Gasteiger charge is -2.29. The van der Waals surface area contributed by atoms with E-state index in [2.05, 4.69) is 10.6 Å². The number of anilines is 2. The van der Waals surface area contributed by atoms with Gasteiger partial charge in [-0.2, -0.15) is 0 Å². The molecule has 1 aliphatic heterocycles. The Kier molecular flexibility index (Phi) is 7.67. The highest BCUT2D eigenvalue weighted by Gasteiger charge is 2.26. The van der Waals surface area contributed by atoms with Crippen LogP contribution in [0.4, 0.5) is 11.4 Å². The van der Waals surface area contributed by atoms with Gasteiger partial charge in [-0.3, -0.25) is 14.4 Å². The number of carbonyl (C=O) groups excluding carboxylic acids is 3. The highest BCUT2D eigenvalue weighted by Crippen LogP contribution is 2.29. The monoisotopic (exact) mass is 354 g/mol. The average molecular weight is 355 g/mol. The maximum Gasteiger partial charge on any atom is 0.244 e. The predicted molar refractivity (Wildman–Crippen MR) is 95.2 cm³/mol. The Morgan fingerprint density at radius 1 is 1.33 bits per heavy atom. The van der Waals surface area contributed by atoms with Gasteiger partial charge in [0.2, 0.25) is 17.7 Å². The van der Waals surface area contributed by atoms with Crippen molar-refractivity contribution in [2.45, 2.75) is 32.2 Å². The molecule has 3 amide bonds. The van der Waals surface area contributed by atoms with E-state index in [0.29, 0.717) is 24.3 Å². The quantitative estimate of drug-likeness (QED) is 0.709. The minimum Gasteiger partial charge on any atom is -0.356 e. The van der Waals surface area contributed by atoms with E-state index in [1.165, 1.54) is 4.90 Å². The van der Waals surface area contributed by atoms with Gasteiger partial charge in [0, 0.05) is 25.4 Å². The van der Waals surface area contributed by atoms with Gasteiger partial charge in [0.05, 0.1) is 11.4 Å². The summed E-state index contributed by atoms with van der Waals surface area (Å²) < 4.78 is 0. The van der Waals surface area contributed by atoms with Crippen molar-refractivity contribution in [3.05, 3.63) is 24.3 Å². The van der Waals surface area contributed by atoms with Crippen LogP contribution in [0.1, 0.15) is 26.2 Å². The Morgan fingerprint density at radius 2 is 2.04 bits per heavy atom. The minimum absolute atomic E-state index is 0. The van der Waals surface area contributed by atoms with Crippen molar-refractivity contribution in [3.8, 4) is 0 Å². The summed E-state index contributed by atoms with van der Waals surface area (Å²) in [5, 5.41) is 5.46. The van der Waals surface area contributed by atoms with Gasteiger partial charge in [-0.15, -0.1) is 12.4 Å². The van der Waals surface area contributed by atoms with Gasteiger partial charge in [-0.25, -0.2) is 0 Å². The molecular weight excluding hydrogens is 332 g/mol. The number of fused-ring (bicyclic) bond motifs is 1. The van der Waals surface area contributed by atoms with Crippen molar-refractivity contribution >= 4 is 41.5 Å². The summed E-state index contributed by atoms with van der Waals surface area (Å²) in [4.78, 5) is 37.2. The minimum atomic E-state index is -0.241. The fraction of sp³-hybridized carbons (Fsp3) is 0.438. The molecule has 0 aliphatic carbocycles. The first-order chi connectivity index (χ1) is 11.0. The van der Waals surface area contributed by atoms with E-state index in [9.17, 15) is 14.4 Å². The fourth-order valence-corrected chi connectivity index (χ4v) is 2.34. The zero-order valence-electron chi connectivity index (χ0n) is 13.6. The number of nitrogens with two attached hydrogens (primary N) is 1. The number of hydrogen-bond donors (Lipinski definition) is 3. The standard InChI is InChI=1S/C16H22N4O3.ClH/c1-11(17)8-9-18-14(21)6-7-16(23)20-10-15(22)19-12-4-2-3-5-13(12)20;/h2-5,11H,6-10,17H2,1H3,(H,18,21)(H,19,22);1H. The van der Waals surface area contributed by atoms with Gasteiger partial charge in [0.25, 0.3) is 0 Å². The zero-order chi connectivity index (χ0) is 16.8. The van der Waals surface area contributed by atoms with Crippen LogP contribution in [0.2, 0.25) is 0 Å². The van der Waals surface area contributed by atoms with Crippen molar-refractivity contribution < 1.29 is 14.4 Å². The second kappa shape index (κ2) is 9.24. The molecule has 7 nitrogen and oxygen atoms in total. The fourth-order valence-electron chi connectivity index (χ4n) is 2.34. The predicted octanol–water partition coefficient (Wildman–Crippen LogP) is 1.03. The molecule has 0 bridgehead atoms. The molecule has 2 rings (SSSR count). The number of para-hydroxylation sites is 2. The van der Waals surface area contributed by atoms with Gasteiger partial charge in [-0.1, -0.05) is 12.1 Å². The number of benzene rings is 1. The number of carbonyl (C=O) groups is 3. The Bertz CT molecular complexity index is 607. The summed E-state index contributed by atoms with van der Waals surface area (Å²) in [7, 11) is 0. The summed E-state index contributed by atoms with van der Waals surface area (Å²) in [5.74, 6) is -0.665. The smallest absolute Gasteiger partial charge is 0.244 e. The second-order valence-electron chi connectivity index (χ2n) is 5.66. The SMILES string of the molecule is CC(N)CCNC(=O)CCC(=O)N1CC(=O)Nc2ccccc21.Cl. The van der Waals surface area contributed by atoms with Gasteiger partial charge in [0.15, 0.2) is 0 Å². The lowest BCUT2D eigenvalue weighted by atomic mass is 10.1. The molecular formula is C16H23ClN4O3. The third-order valence-electron chi connectivity index (χ3n) is 3.56. The Morgan fingerprint density at radius 3 is 2.75 bits per heavy atom. The number of nitrogens with zero attached hydrogens (tertiary/aromatic N) is 1. The van der Waals surface area contributed by atoms with Crippen molar-refractivity contribution in [1.82, 2.24) is 5.32 Å². The maximum atomic E-state index is 12.3. The summed E-state index contributed by atoms with van der Waals surface area (Å²) >= 11 is 0. The van der Waals surface area contributed by atoms with E-state index < -0.39 is 0 Å². The van der Waals surface area contributed by atoms with Crippen LogP contribution in [0, 0.1) is 0 Å². The Hall–Kier alpha value is -2.12. The van der Waals surface area contributed by atoms with Crippen LogP contribution in [0.3, 0.4) is 0 Å². The lowest BCUT2D eigenvalue weighted by molar-refractivity contribution is -0.125. The second-order valence-corrected chi connectivity index (χ2v) is 5.66. The molecule has 8 heteroatoms. The number of amides is 3. The van der Waals surface area contributed by atoms with Crippen molar-refractivity contribution in [1.29, 1.82) is 0 Å². The first-order valence-corrected chi connectivity index (χ1v) is 7.69. The molecule has 0 aromatic heterocycles. The van der Waals surface area contributed by atoms with E-state index >= 15 is 0 Å². The molecule has 1 aromatic rings. The molecule has 24 heavy (non-hydrogen) atoms. The Labute approximate surface area is 147 Å². The number of halogens is 1. The summed E-state index contributed by atoms with van der Waals surface area (Å²) in [6.07, 6.45) is 0.850. The highest BCUT2D eigenvalue weighted by molar-refractivity contribution is 6.10. The van der Waals surface area contributed by atoms with E-state index in [1.54, 1.807) is 24.3 Å². The molecule has 0 saturated carbocycles. The molecule has 1 unspecified atom stereocenters. The van der Waals surface area contributed by atoms with Gasteiger partial charge >= 0.3 is 0 Å². The topological polar surface area (TPSA) is 105 Å². The average Bonchev–Trinajstić information content (AvgIpc) is 2.51.